The lowest BCUT2D eigenvalue weighted by atomic mass is 9.72. The van der Waals surface area contributed by atoms with E-state index >= 15 is 0 Å². The molecule has 4 heterocycles. The van der Waals surface area contributed by atoms with Gasteiger partial charge in [0.1, 0.15) is 17.5 Å². The molecule has 0 bridgehead atoms. The summed E-state index contributed by atoms with van der Waals surface area (Å²) in [7, 11) is 0. The van der Waals surface area contributed by atoms with Crippen LogP contribution >= 0.6 is 15.9 Å². The van der Waals surface area contributed by atoms with Crippen molar-refractivity contribution in [3.63, 3.8) is 0 Å². The third kappa shape index (κ3) is 5.43. The molecule has 1 amide bonds. The molecule has 1 aromatic heterocycles. The maximum atomic E-state index is 12.6. The molecule has 1 N–H and O–H groups in total. The summed E-state index contributed by atoms with van der Waals surface area (Å²) in [5.74, 6) is 1.45. The summed E-state index contributed by atoms with van der Waals surface area (Å²) < 4.78 is 13.1. The molecule has 3 saturated heterocycles. The molecule has 0 unspecified atom stereocenters. The molecule has 8 nitrogen and oxygen atoms in total. The number of hydrogen-bond acceptors (Lipinski definition) is 7. The Balaban J connectivity index is 1.29. The van der Waals surface area contributed by atoms with Crippen LogP contribution in [0, 0.1) is 5.41 Å². The summed E-state index contributed by atoms with van der Waals surface area (Å²) in [6.07, 6.45) is 9.43. The number of anilines is 1. The maximum absolute atomic E-state index is 12.6. The zero-order valence-electron chi connectivity index (χ0n) is 24.1. The van der Waals surface area contributed by atoms with Gasteiger partial charge in [-0.05, 0) is 111 Å². The number of hydrogen-bond donors (Lipinski definition) is 1. The number of likely N-dealkylation sites (tertiary alicyclic amines) is 1. The highest BCUT2D eigenvalue weighted by molar-refractivity contribution is 9.10. The van der Waals surface area contributed by atoms with E-state index in [1.54, 1.807) is 0 Å². The van der Waals surface area contributed by atoms with E-state index in [0.29, 0.717) is 11.9 Å². The van der Waals surface area contributed by atoms with E-state index in [4.69, 9.17) is 19.4 Å². The van der Waals surface area contributed by atoms with Gasteiger partial charge in [0.05, 0.1) is 5.52 Å². The predicted octanol–water partition coefficient (Wildman–Crippen LogP) is 6.27. The molecule has 1 spiro atoms. The van der Waals surface area contributed by atoms with Crippen molar-refractivity contribution in [1.29, 1.82) is 0 Å². The zero-order valence-corrected chi connectivity index (χ0v) is 25.7. The summed E-state index contributed by atoms with van der Waals surface area (Å²) >= 11 is 3.91. The Bertz CT molecular complexity index is 1280. The smallest absolute Gasteiger partial charge is 0.410 e. The molecule has 0 atom stereocenters. The Hall–Kier alpha value is -2.39. The summed E-state index contributed by atoms with van der Waals surface area (Å²) in [5, 5.41) is 4.50. The second-order valence-electron chi connectivity index (χ2n) is 13.1. The van der Waals surface area contributed by atoms with E-state index in [2.05, 4.69) is 38.8 Å². The van der Waals surface area contributed by atoms with Gasteiger partial charge in [-0.15, -0.1) is 0 Å². The molecule has 4 aliphatic rings. The van der Waals surface area contributed by atoms with Crippen LogP contribution in [0.2, 0.25) is 0 Å². The summed E-state index contributed by atoms with van der Waals surface area (Å²) in [6, 6.07) is 2.68. The van der Waals surface area contributed by atoms with E-state index in [9.17, 15) is 4.79 Å². The number of aromatic nitrogens is 2. The first-order valence-corrected chi connectivity index (χ1v) is 15.7. The number of amides is 1. The molecular weight excluding hydrogens is 570 g/mol. The number of piperidine rings is 2. The van der Waals surface area contributed by atoms with Crippen LogP contribution < -0.4 is 15.0 Å². The molecule has 2 aromatic rings. The third-order valence-corrected chi connectivity index (χ3v) is 9.95. The van der Waals surface area contributed by atoms with Gasteiger partial charge < -0.3 is 24.6 Å². The van der Waals surface area contributed by atoms with Gasteiger partial charge in [-0.25, -0.2) is 4.79 Å². The molecule has 4 fully saturated rings. The zero-order chi connectivity index (χ0) is 28.1. The first-order chi connectivity index (χ1) is 19.1. The fraction of sp³-hybridized carbons (Fsp3) is 0.645. The number of carbonyl (C=O) groups is 1. The number of rotatable bonds is 5. The molecule has 6 rings (SSSR count). The number of carbonyl (C=O) groups excluding carboxylic acids is 1. The van der Waals surface area contributed by atoms with E-state index in [1.807, 2.05) is 31.7 Å². The van der Waals surface area contributed by atoms with Crippen LogP contribution in [-0.2, 0) is 4.74 Å². The quantitative estimate of drug-likeness (QED) is 0.427. The third-order valence-electron chi connectivity index (χ3n) is 9.07. The molecule has 9 heteroatoms. The molecule has 216 valence electrons. The van der Waals surface area contributed by atoms with Gasteiger partial charge >= 0.3 is 12.1 Å². The van der Waals surface area contributed by atoms with Gasteiger partial charge in [-0.1, -0.05) is 19.1 Å². The highest BCUT2D eigenvalue weighted by atomic mass is 79.9. The fourth-order valence-electron chi connectivity index (χ4n) is 6.56. The van der Waals surface area contributed by atoms with E-state index in [1.165, 1.54) is 24.8 Å². The van der Waals surface area contributed by atoms with Crippen LogP contribution in [0.25, 0.3) is 17.0 Å². The van der Waals surface area contributed by atoms with Crippen molar-refractivity contribution < 1.29 is 14.3 Å². The standard InChI is InChI=1S/C31H42BrN5O3/c1-5-20-17-23-26(24(25(20)32)21-7-6-8-21)34-28(39-22-9-13-33-14-10-22)35-27(23)36-15-11-31(12-16-36)18-37(19-31)29(38)40-30(2,3)4/h5,17,21-22,33H,1,6-16,18-19H2,2-4H3. The maximum Gasteiger partial charge on any atom is 0.410 e. The highest BCUT2D eigenvalue weighted by Crippen LogP contribution is 2.47. The minimum Gasteiger partial charge on any atom is -0.460 e. The van der Waals surface area contributed by atoms with Crippen molar-refractivity contribution in [3.05, 3.63) is 28.2 Å². The second kappa shape index (κ2) is 10.8. The van der Waals surface area contributed by atoms with Crippen molar-refractivity contribution in [1.82, 2.24) is 20.2 Å². The number of fused-ring (bicyclic) bond motifs is 1. The van der Waals surface area contributed by atoms with Crippen LogP contribution in [0.4, 0.5) is 10.6 Å². The first-order valence-electron chi connectivity index (χ1n) is 14.9. The molecule has 1 saturated carbocycles. The number of halogens is 1. The normalized spacial score (nSPS) is 21.7. The summed E-state index contributed by atoms with van der Waals surface area (Å²) in [4.78, 5) is 27.0. The Morgan fingerprint density at radius 3 is 2.45 bits per heavy atom. The summed E-state index contributed by atoms with van der Waals surface area (Å²) in [5.41, 5.74) is 3.07. The molecule has 3 aliphatic heterocycles. The Morgan fingerprint density at radius 1 is 1.15 bits per heavy atom. The van der Waals surface area contributed by atoms with Gasteiger partial charge in [-0.2, -0.15) is 9.97 Å². The van der Waals surface area contributed by atoms with Crippen molar-refractivity contribution in [3.8, 4) is 6.01 Å². The second-order valence-corrected chi connectivity index (χ2v) is 13.9. The average Bonchev–Trinajstić information content (AvgIpc) is 2.87. The SMILES string of the molecule is C=Cc1cc2c(N3CCC4(CC3)CN(C(=O)OC(C)(C)C)C4)nc(OC3CCNCC3)nc2c(C2CCC2)c1Br. The predicted molar refractivity (Wildman–Crippen MR) is 162 cm³/mol. The first kappa shape index (κ1) is 27.8. The van der Waals surface area contributed by atoms with Crippen LogP contribution in [0.5, 0.6) is 6.01 Å². The molecule has 1 aliphatic carbocycles. The average molecular weight is 613 g/mol. The number of nitrogens with zero attached hydrogens (tertiary/aromatic N) is 4. The molecule has 0 radical (unpaired) electrons. The van der Waals surface area contributed by atoms with Crippen molar-refractivity contribution >= 4 is 44.8 Å². The number of benzene rings is 1. The Morgan fingerprint density at radius 2 is 1.85 bits per heavy atom. The topological polar surface area (TPSA) is 79.8 Å². The van der Waals surface area contributed by atoms with E-state index < -0.39 is 5.60 Å². The van der Waals surface area contributed by atoms with Crippen LogP contribution in [0.15, 0.2) is 17.1 Å². The fourth-order valence-corrected chi connectivity index (χ4v) is 7.34. The Labute approximate surface area is 246 Å². The lowest BCUT2D eigenvalue weighted by Gasteiger charge is -2.53. The van der Waals surface area contributed by atoms with Crippen molar-refractivity contribution in [2.45, 2.75) is 83.3 Å². The molecular formula is C31H42BrN5O3. The Kier molecular flexibility index (Phi) is 7.49. The minimum absolute atomic E-state index is 0.132. The monoisotopic (exact) mass is 611 g/mol. The highest BCUT2D eigenvalue weighted by Gasteiger charge is 2.48. The number of ether oxygens (including phenoxy) is 2. The van der Waals surface area contributed by atoms with Gasteiger partial charge in [0.15, 0.2) is 0 Å². The van der Waals surface area contributed by atoms with Crippen molar-refractivity contribution in [2.75, 3.05) is 44.2 Å². The van der Waals surface area contributed by atoms with E-state index in [0.717, 1.165) is 91.7 Å². The van der Waals surface area contributed by atoms with Gasteiger partial charge in [0.25, 0.3) is 0 Å². The van der Waals surface area contributed by atoms with Crippen LogP contribution in [0.1, 0.15) is 82.8 Å². The van der Waals surface area contributed by atoms with Gasteiger partial charge in [-0.3, -0.25) is 0 Å². The molecule has 1 aromatic carbocycles. The largest absolute Gasteiger partial charge is 0.460 e. The summed E-state index contributed by atoms with van der Waals surface area (Å²) in [6.45, 7) is 15.1. The van der Waals surface area contributed by atoms with Crippen molar-refractivity contribution in [2.24, 2.45) is 5.41 Å². The molecule has 40 heavy (non-hydrogen) atoms. The van der Waals surface area contributed by atoms with Crippen LogP contribution in [0.3, 0.4) is 0 Å². The van der Waals surface area contributed by atoms with Gasteiger partial charge in [0.2, 0.25) is 0 Å². The van der Waals surface area contributed by atoms with Gasteiger partial charge in [0, 0.05) is 41.5 Å². The van der Waals surface area contributed by atoms with Crippen LogP contribution in [-0.4, -0.2) is 71.9 Å². The van der Waals surface area contributed by atoms with E-state index in [-0.39, 0.29) is 17.6 Å². The minimum atomic E-state index is -0.469. The number of nitrogens with one attached hydrogen (secondary N) is 1. The lowest BCUT2D eigenvalue weighted by molar-refractivity contribution is -0.0434. The lowest BCUT2D eigenvalue weighted by Crippen LogP contribution is -2.62.